The van der Waals surface area contributed by atoms with Crippen LogP contribution in [0.4, 0.5) is 8.78 Å². The number of carbonyl (C=O) groups is 3. The average molecular weight is 283 g/mol. The van der Waals surface area contributed by atoms with Crippen molar-refractivity contribution in [3.63, 3.8) is 0 Å². The van der Waals surface area contributed by atoms with Crippen molar-refractivity contribution in [2.45, 2.75) is 31.7 Å². The van der Waals surface area contributed by atoms with Crippen LogP contribution in [0.1, 0.15) is 19.3 Å². The monoisotopic (exact) mass is 283 g/mol. The molecule has 110 valence electrons. The van der Waals surface area contributed by atoms with E-state index in [-0.39, 0.29) is 19.4 Å². The Morgan fingerprint density at radius 3 is 2.26 bits per heavy atom. The second kappa shape index (κ2) is 9.20. The molecule has 0 heterocycles. The van der Waals surface area contributed by atoms with E-state index in [2.05, 4.69) is 10.1 Å². The number of aliphatic carboxylic acids is 2. The number of nitrogens with one attached hydrogen (secondary N) is 1. The van der Waals surface area contributed by atoms with E-state index in [0.717, 1.165) is 0 Å². The lowest BCUT2D eigenvalue weighted by Gasteiger charge is -2.13. The van der Waals surface area contributed by atoms with Gasteiger partial charge >= 0.3 is 11.9 Å². The van der Waals surface area contributed by atoms with E-state index < -0.39 is 43.3 Å². The first-order valence-electron chi connectivity index (χ1n) is 5.42. The largest absolute Gasteiger partial charge is 0.481 e. The van der Waals surface area contributed by atoms with Crippen molar-refractivity contribution >= 4 is 17.8 Å². The van der Waals surface area contributed by atoms with Crippen LogP contribution in [0.2, 0.25) is 0 Å². The maximum absolute atomic E-state index is 11.7. The molecule has 0 saturated heterocycles. The van der Waals surface area contributed by atoms with Crippen LogP contribution in [-0.4, -0.2) is 53.7 Å². The fourth-order valence-corrected chi connectivity index (χ4v) is 1.13. The summed E-state index contributed by atoms with van der Waals surface area (Å²) in [6.45, 7) is -1.06. The number of halogens is 2. The van der Waals surface area contributed by atoms with Crippen molar-refractivity contribution in [1.82, 2.24) is 5.32 Å². The Morgan fingerprint density at radius 2 is 1.79 bits per heavy atom. The van der Waals surface area contributed by atoms with Crippen molar-refractivity contribution in [2.75, 3.05) is 13.2 Å². The topological polar surface area (TPSA) is 113 Å². The second-order valence-electron chi connectivity index (χ2n) is 3.61. The Bertz CT molecular complexity index is 323. The number of carbonyl (C=O) groups excluding carboxylic acids is 1. The molecule has 0 bridgehead atoms. The van der Waals surface area contributed by atoms with Gasteiger partial charge in [-0.3, -0.25) is 9.59 Å². The quantitative estimate of drug-likeness (QED) is 0.490. The third kappa shape index (κ3) is 9.89. The Morgan fingerprint density at radius 1 is 1.16 bits per heavy atom. The first kappa shape index (κ1) is 17.2. The molecule has 0 aromatic heterocycles. The highest BCUT2D eigenvalue weighted by Gasteiger charge is 2.20. The number of carboxylic acid groups (broad SMARTS) is 2. The van der Waals surface area contributed by atoms with Crippen LogP contribution in [-0.2, 0) is 19.1 Å². The molecule has 1 unspecified atom stereocenters. The van der Waals surface area contributed by atoms with Crippen molar-refractivity contribution in [3.05, 3.63) is 0 Å². The summed E-state index contributed by atoms with van der Waals surface area (Å²) in [5, 5.41) is 19.2. The molecule has 9 heteroatoms. The summed E-state index contributed by atoms with van der Waals surface area (Å²) < 4.78 is 27.8. The van der Waals surface area contributed by atoms with Crippen LogP contribution in [0.15, 0.2) is 0 Å². The van der Waals surface area contributed by atoms with Crippen LogP contribution >= 0.6 is 0 Å². The van der Waals surface area contributed by atoms with E-state index in [1.54, 1.807) is 0 Å². The van der Waals surface area contributed by atoms with Gasteiger partial charge < -0.3 is 20.3 Å². The maximum atomic E-state index is 11.7. The Labute approximate surface area is 107 Å². The fourth-order valence-electron chi connectivity index (χ4n) is 1.13. The van der Waals surface area contributed by atoms with Gasteiger partial charge in [0.1, 0.15) is 12.6 Å². The minimum Gasteiger partial charge on any atom is -0.481 e. The highest BCUT2D eigenvalue weighted by molar-refractivity contribution is 5.83. The van der Waals surface area contributed by atoms with Gasteiger partial charge in [0.15, 0.2) is 0 Å². The molecule has 0 fully saturated rings. The molecule has 0 aliphatic carbocycles. The standard InChI is InChI=1S/C10H15F2NO6/c11-7(12)5-19-4-3-8(14)13-6(10(17)18)1-2-9(15)16/h6-7H,1-5H2,(H,13,14)(H,15,16)(H,17,18). The zero-order valence-electron chi connectivity index (χ0n) is 9.97. The molecule has 0 radical (unpaired) electrons. The van der Waals surface area contributed by atoms with E-state index >= 15 is 0 Å². The van der Waals surface area contributed by atoms with Gasteiger partial charge in [0, 0.05) is 12.8 Å². The predicted octanol–water partition coefficient (Wildman–Crippen LogP) is 0.0924. The van der Waals surface area contributed by atoms with Crippen LogP contribution in [0, 0.1) is 0 Å². The number of carboxylic acids is 2. The summed E-state index contributed by atoms with van der Waals surface area (Å²) in [4.78, 5) is 32.3. The van der Waals surface area contributed by atoms with E-state index in [0.29, 0.717) is 0 Å². The molecule has 0 aliphatic heterocycles. The van der Waals surface area contributed by atoms with Crippen LogP contribution in [0.3, 0.4) is 0 Å². The first-order chi connectivity index (χ1) is 8.82. The minimum atomic E-state index is -2.63. The molecule has 19 heavy (non-hydrogen) atoms. The van der Waals surface area contributed by atoms with Crippen molar-refractivity contribution in [1.29, 1.82) is 0 Å². The van der Waals surface area contributed by atoms with Gasteiger partial charge in [-0.2, -0.15) is 0 Å². The van der Waals surface area contributed by atoms with E-state index in [1.165, 1.54) is 0 Å². The van der Waals surface area contributed by atoms with Gasteiger partial charge in [-0.25, -0.2) is 13.6 Å². The predicted molar refractivity (Wildman–Crippen MR) is 57.9 cm³/mol. The zero-order valence-corrected chi connectivity index (χ0v) is 9.97. The minimum absolute atomic E-state index is 0.256. The summed E-state index contributed by atoms with van der Waals surface area (Å²) in [5.41, 5.74) is 0. The molecule has 0 saturated carbocycles. The Kier molecular flexibility index (Phi) is 8.34. The lowest BCUT2D eigenvalue weighted by molar-refractivity contribution is -0.143. The normalized spacial score (nSPS) is 12.2. The summed E-state index contributed by atoms with van der Waals surface area (Å²) >= 11 is 0. The number of hydrogen-bond donors (Lipinski definition) is 3. The van der Waals surface area contributed by atoms with Crippen molar-refractivity contribution in [2.24, 2.45) is 0 Å². The highest BCUT2D eigenvalue weighted by atomic mass is 19.3. The molecule has 1 amide bonds. The SMILES string of the molecule is O=C(O)CCC(NC(=O)CCOCC(F)F)C(=O)O. The summed E-state index contributed by atoms with van der Waals surface area (Å²) in [7, 11) is 0. The fraction of sp³-hybridized carbons (Fsp3) is 0.700. The van der Waals surface area contributed by atoms with E-state index in [9.17, 15) is 23.2 Å². The summed E-state index contributed by atoms with van der Waals surface area (Å²) in [6.07, 6.45) is -3.57. The van der Waals surface area contributed by atoms with Crippen molar-refractivity contribution < 1.29 is 38.1 Å². The van der Waals surface area contributed by atoms with E-state index in [1.807, 2.05) is 0 Å². The van der Waals surface area contributed by atoms with Gasteiger partial charge in [0.05, 0.1) is 6.61 Å². The van der Waals surface area contributed by atoms with E-state index in [4.69, 9.17) is 10.2 Å². The Balaban J connectivity index is 3.96. The number of amides is 1. The number of hydrogen-bond acceptors (Lipinski definition) is 4. The number of rotatable bonds is 10. The number of ether oxygens (including phenoxy) is 1. The molecule has 0 aromatic carbocycles. The molecule has 7 nitrogen and oxygen atoms in total. The van der Waals surface area contributed by atoms with Gasteiger partial charge in [0.25, 0.3) is 6.43 Å². The molecule has 0 aliphatic rings. The van der Waals surface area contributed by atoms with Crippen LogP contribution in [0.5, 0.6) is 0 Å². The van der Waals surface area contributed by atoms with Crippen molar-refractivity contribution in [3.8, 4) is 0 Å². The average Bonchev–Trinajstić information content (AvgIpc) is 2.29. The second-order valence-corrected chi connectivity index (χ2v) is 3.61. The Hall–Kier alpha value is -1.77. The first-order valence-corrected chi connectivity index (χ1v) is 5.42. The van der Waals surface area contributed by atoms with Gasteiger partial charge in [-0.05, 0) is 6.42 Å². The smallest absolute Gasteiger partial charge is 0.326 e. The van der Waals surface area contributed by atoms with Gasteiger partial charge in [-0.15, -0.1) is 0 Å². The molecule has 3 N–H and O–H groups in total. The lowest BCUT2D eigenvalue weighted by atomic mass is 10.1. The third-order valence-corrected chi connectivity index (χ3v) is 2.00. The highest BCUT2D eigenvalue weighted by Crippen LogP contribution is 1.99. The molecular weight excluding hydrogens is 268 g/mol. The number of alkyl halides is 2. The molecular formula is C10H15F2NO6. The van der Waals surface area contributed by atoms with Gasteiger partial charge in [-0.1, -0.05) is 0 Å². The summed E-state index contributed by atoms with van der Waals surface area (Å²) in [6, 6.07) is -1.32. The molecule has 0 rings (SSSR count). The molecule has 0 spiro atoms. The molecule has 0 aromatic rings. The lowest BCUT2D eigenvalue weighted by Crippen LogP contribution is -2.41. The molecule has 1 atom stereocenters. The van der Waals surface area contributed by atoms with Crippen LogP contribution < -0.4 is 5.32 Å². The summed E-state index contributed by atoms with van der Waals surface area (Å²) in [5.74, 6) is -3.24. The zero-order chi connectivity index (χ0) is 14.8. The maximum Gasteiger partial charge on any atom is 0.326 e. The van der Waals surface area contributed by atoms with Crippen LogP contribution in [0.25, 0.3) is 0 Å². The third-order valence-electron chi connectivity index (χ3n) is 2.00. The van der Waals surface area contributed by atoms with Gasteiger partial charge in [0.2, 0.25) is 5.91 Å².